The molecule has 1 aromatic heterocycles. The van der Waals surface area contributed by atoms with Gasteiger partial charge in [0.25, 0.3) is 0 Å². The summed E-state index contributed by atoms with van der Waals surface area (Å²) in [4.78, 5) is 13.0. The van der Waals surface area contributed by atoms with Crippen LogP contribution in [-0.2, 0) is 42.1 Å². The van der Waals surface area contributed by atoms with Crippen molar-refractivity contribution in [3.05, 3.63) is 34.5 Å². The van der Waals surface area contributed by atoms with Crippen LogP contribution in [0.1, 0.15) is 49.4 Å². The average molecular weight is 444 g/mol. The van der Waals surface area contributed by atoms with Gasteiger partial charge in [0.2, 0.25) is 5.88 Å². The maximum atomic E-state index is 13.2. The molecule has 2 amide bonds. The number of aryl methyl sites for hydroxylation is 1. The summed E-state index contributed by atoms with van der Waals surface area (Å²) in [6.45, 7) is 7.41. The van der Waals surface area contributed by atoms with Gasteiger partial charge in [0.1, 0.15) is 4.90 Å². The molecule has 2 aliphatic carbocycles. The summed E-state index contributed by atoms with van der Waals surface area (Å²) in [6.07, 6.45) is 6.39. The highest BCUT2D eigenvalue weighted by Gasteiger charge is 2.32. The third-order valence-electron chi connectivity index (χ3n) is 6.42. The molecule has 3 aliphatic rings. The van der Waals surface area contributed by atoms with E-state index in [2.05, 4.69) is 41.6 Å². The largest absolute Gasteiger partial charge is 0.476 e. The molecule has 5 rings (SSSR count). The first-order valence-electron chi connectivity index (χ1n) is 10.8. The fourth-order valence-electron chi connectivity index (χ4n) is 5.05. The van der Waals surface area contributed by atoms with Crippen molar-refractivity contribution in [2.24, 2.45) is 20.8 Å². The molecule has 9 heteroatoms. The topological polar surface area (TPSA) is 112 Å². The molecular formula is C22H29N5O3S. The minimum absolute atomic E-state index is 0.0918. The van der Waals surface area contributed by atoms with E-state index in [1.165, 1.54) is 28.5 Å². The number of ether oxygens (including phenoxy) is 1. The van der Waals surface area contributed by atoms with Gasteiger partial charge in [0, 0.05) is 11.1 Å². The van der Waals surface area contributed by atoms with Gasteiger partial charge in [0.05, 0.1) is 19.3 Å². The van der Waals surface area contributed by atoms with Crippen molar-refractivity contribution in [3.63, 3.8) is 0 Å². The molecule has 0 saturated heterocycles. The van der Waals surface area contributed by atoms with Gasteiger partial charge in [0.15, 0.2) is 9.92 Å². The number of benzene rings is 1. The fourth-order valence-corrected chi connectivity index (χ4v) is 6.05. The number of carbonyl (C=O) groups excluding carboxylic acids is 1. The highest BCUT2D eigenvalue weighted by Crippen LogP contribution is 2.40. The zero-order valence-corrected chi connectivity index (χ0v) is 19.1. The maximum absolute atomic E-state index is 13.2. The lowest BCUT2D eigenvalue weighted by molar-refractivity contribution is 0.0972. The quantitative estimate of drug-likeness (QED) is 0.740. The van der Waals surface area contributed by atoms with Crippen molar-refractivity contribution >= 4 is 21.6 Å². The fraction of sp³-hybridized carbons (Fsp3) is 0.545. The highest BCUT2D eigenvalue weighted by atomic mass is 32.2. The second kappa shape index (κ2) is 7.06. The Morgan fingerprint density at radius 3 is 2.94 bits per heavy atom. The molecule has 3 N–H and O–H groups in total. The Balaban J connectivity index is 1.47. The summed E-state index contributed by atoms with van der Waals surface area (Å²) < 4.78 is 24.5. The Morgan fingerprint density at radius 1 is 1.32 bits per heavy atom. The van der Waals surface area contributed by atoms with Crippen LogP contribution in [0.5, 0.6) is 5.88 Å². The van der Waals surface area contributed by atoms with Gasteiger partial charge in [-0.15, -0.1) is 4.36 Å². The first-order chi connectivity index (χ1) is 14.6. The third kappa shape index (κ3) is 3.63. The Bertz CT molecular complexity index is 1210. The van der Waals surface area contributed by atoms with Crippen molar-refractivity contribution in [2.45, 2.75) is 64.3 Å². The van der Waals surface area contributed by atoms with Gasteiger partial charge in [-0.05, 0) is 60.3 Å². The second-order valence-electron chi connectivity index (χ2n) is 9.91. The molecule has 0 spiro atoms. The summed E-state index contributed by atoms with van der Waals surface area (Å²) in [5.41, 5.74) is 5.75. The third-order valence-corrected chi connectivity index (χ3v) is 7.77. The number of hydrogen-bond donors (Lipinski definition) is 2. The van der Waals surface area contributed by atoms with Crippen LogP contribution in [0.25, 0.3) is 0 Å². The number of carbonyl (C=O) groups is 1. The van der Waals surface area contributed by atoms with E-state index in [4.69, 9.17) is 9.88 Å². The van der Waals surface area contributed by atoms with Crippen molar-refractivity contribution in [1.29, 1.82) is 0 Å². The number of aromatic nitrogens is 2. The average Bonchev–Trinajstić information content (AvgIpc) is 3.37. The SMILES string of the molecule is C[C@H]1Cc2cc3c(c(NC(=O)N=S(N)(=O)c4cnn5c4OCC(C)(C)C5)c2C1)CCC3. The number of nitrogens with zero attached hydrogens (tertiary/aromatic N) is 3. The Hall–Kier alpha value is -2.39. The molecule has 31 heavy (non-hydrogen) atoms. The summed E-state index contributed by atoms with van der Waals surface area (Å²) in [5.74, 6) is 0.878. The lowest BCUT2D eigenvalue weighted by Crippen LogP contribution is -2.33. The van der Waals surface area contributed by atoms with Gasteiger partial charge >= 0.3 is 6.03 Å². The molecule has 1 aromatic carbocycles. The van der Waals surface area contributed by atoms with Crippen LogP contribution in [0.4, 0.5) is 10.5 Å². The Morgan fingerprint density at radius 2 is 2.13 bits per heavy atom. The van der Waals surface area contributed by atoms with E-state index >= 15 is 0 Å². The summed E-state index contributed by atoms with van der Waals surface area (Å²) in [7, 11) is -3.50. The molecule has 0 fully saturated rings. The predicted molar refractivity (Wildman–Crippen MR) is 119 cm³/mol. The normalized spacial score (nSPS) is 22.6. The van der Waals surface area contributed by atoms with E-state index in [1.54, 1.807) is 4.68 Å². The van der Waals surface area contributed by atoms with Gasteiger partial charge < -0.3 is 10.1 Å². The molecule has 8 nitrogen and oxygen atoms in total. The summed E-state index contributed by atoms with van der Waals surface area (Å²) in [6, 6.07) is 1.61. The van der Waals surface area contributed by atoms with E-state index in [1.807, 2.05) is 0 Å². The van der Waals surface area contributed by atoms with E-state index < -0.39 is 15.9 Å². The Labute approximate surface area is 182 Å². The predicted octanol–water partition coefficient (Wildman–Crippen LogP) is 3.46. The highest BCUT2D eigenvalue weighted by molar-refractivity contribution is 7.91. The molecule has 2 heterocycles. The van der Waals surface area contributed by atoms with Crippen LogP contribution in [0.15, 0.2) is 21.5 Å². The van der Waals surface area contributed by atoms with Crippen LogP contribution in [0.2, 0.25) is 0 Å². The Kier molecular flexibility index (Phi) is 4.67. The molecule has 166 valence electrons. The van der Waals surface area contributed by atoms with Crippen LogP contribution < -0.4 is 15.2 Å². The molecule has 0 saturated carbocycles. The zero-order valence-electron chi connectivity index (χ0n) is 18.2. The minimum Gasteiger partial charge on any atom is -0.476 e. The zero-order chi connectivity index (χ0) is 22.0. The number of amides is 2. The number of urea groups is 1. The van der Waals surface area contributed by atoms with Gasteiger partial charge in [-0.2, -0.15) is 5.10 Å². The van der Waals surface area contributed by atoms with Gasteiger partial charge in [-0.25, -0.2) is 18.8 Å². The monoisotopic (exact) mass is 443 g/mol. The maximum Gasteiger partial charge on any atom is 0.354 e. The van der Waals surface area contributed by atoms with Crippen molar-refractivity contribution < 1.29 is 13.7 Å². The standard InChI is InChI=1S/C22H29N5O3S/c1-13-7-15-9-14-5-4-6-16(14)19(17(15)8-13)25-21(28)26-31(23,29)18-10-24-27-11-22(2,3)12-30-20(18)27/h9-10,13H,4-8,11-12H2,1-3H3,(H3,23,25,26,28,29)/t13-,31?/m0/s1. The van der Waals surface area contributed by atoms with Crippen LogP contribution in [0.3, 0.4) is 0 Å². The number of rotatable bonds is 2. The molecule has 0 bridgehead atoms. The molecular weight excluding hydrogens is 414 g/mol. The van der Waals surface area contributed by atoms with E-state index in [-0.39, 0.29) is 10.3 Å². The van der Waals surface area contributed by atoms with Crippen LogP contribution in [-0.4, -0.2) is 26.6 Å². The van der Waals surface area contributed by atoms with Gasteiger partial charge in [-0.3, -0.25) is 0 Å². The molecule has 2 aromatic rings. The van der Waals surface area contributed by atoms with Crippen molar-refractivity contribution in [2.75, 3.05) is 11.9 Å². The van der Waals surface area contributed by atoms with Crippen molar-refractivity contribution in [3.8, 4) is 5.88 Å². The van der Waals surface area contributed by atoms with E-state index in [0.29, 0.717) is 24.9 Å². The van der Waals surface area contributed by atoms with E-state index in [9.17, 15) is 9.00 Å². The number of hydrogen-bond acceptors (Lipinski definition) is 4. The summed E-state index contributed by atoms with van der Waals surface area (Å²) in [5, 5.41) is 13.2. The first-order valence-corrected chi connectivity index (χ1v) is 12.4. The second-order valence-corrected chi connectivity index (χ2v) is 11.7. The minimum atomic E-state index is -3.50. The number of fused-ring (bicyclic) bond motifs is 3. The first kappa shape index (κ1) is 20.5. The van der Waals surface area contributed by atoms with Crippen LogP contribution >= 0.6 is 0 Å². The van der Waals surface area contributed by atoms with Crippen molar-refractivity contribution in [1.82, 2.24) is 9.78 Å². The summed E-state index contributed by atoms with van der Waals surface area (Å²) >= 11 is 0. The molecule has 2 atom stereocenters. The number of nitrogens with one attached hydrogen (secondary N) is 1. The smallest absolute Gasteiger partial charge is 0.354 e. The molecule has 0 radical (unpaired) electrons. The molecule has 1 aliphatic heterocycles. The molecule has 1 unspecified atom stereocenters. The number of nitrogens with two attached hydrogens (primary N) is 1. The van der Waals surface area contributed by atoms with E-state index in [0.717, 1.165) is 37.8 Å². The number of anilines is 1. The lowest BCUT2D eigenvalue weighted by atomic mass is 9.94. The lowest BCUT2D eigenvalue weighted by Gasteiger charge is -2.30. The van der Waals surface area contributed by atoms with Crippen LogP contribution in [0, 0.1) is 11.3 Å². The van der Waals surface area contributed by atoms with Gasteiger partial charge in [-0.1, -0.05) is 26.8 Å².